The van der Waals surface area contributed by atoms with Gasteiger partial charge in [-0.2, -0.15) is 0 Å². The van der Waals surface area contributed by atoms with Crippen LogP contribution in [-0.2, 0) is 9.59 Å². The fourth-order valence-electron chi connectivity index (χ4n) is 1.04. The first-order chi connectivity index (χ1) is 6.66. The quantitative estimate of drug-likeness (QED) is 0.566. The monoisotopic (exact) mass is 201 g/mol. The minimum Gasteiger partial charge on any atom is -0.396 e. The first kappa shape index (κ1) is 13.1. The average molecular weight is 201 g/mol. The molecule has 0 aromatic heterocycles. The molecule has 0 aliphatic carbocycles. The molecule has 1 amide bonds. The molecule has 0 saturated heterocycles. The molecule has 4 nitrogen and oxygen atoms in total. The van der Waals surface area contributed by atoms with Gasteiger partial charge in [-0.3, -0.25) is 9.59 Å². The molecule has 0 aromatic carbocycles. The summed E-state index contributed by atoms with van der Waals surface area (Å²) in [6.07, 6.45) is 3.31. The summed E-state index contributed by atoms with van der Waals surface area (Å²) >= 11 is 0. The maximum absolute atomic E-state index is 11.1. The number of nitrogens with one attached hydrogen (secondary N) is 1. The lowest BCUT2D eigenvalue weighted by atomic mass is 10.2. The maximum Gasteiger partial charge on any atom is 0.220 e. The van der Waals surface area contributed by atoms with Gasteiger partial charge in [0.25, 0.3) is 0 Å². The molecule has 14 heavy (non-hydrogen) atoms. The van der Waals surface area contributed by atoms with Gasteiger partial charge in [-0.15, -0.1) is 0 Å². The van der Waals surface area contributed by atoms with Crippen LogP contribution in [0.5, 0.6) is 0 Å². The van der Waals surface area contributed by atoms with Gasteiger partial charge in [-0.1, -0.05) is 6.42 Å². The molecular weight excluding hydrogens is 182 g/mol. The van der Waals surface area contributed by atoms with Crippen LogP contribution in [-0.4, -0.2) is 29.9 Å². The van der Waals surface area contributed by atoms with E-state index < -0.39 is 0 Å². The number of hydrogen-bond donors (Lipinski definition) is 2. The van der Waals surface area contributed by atoms with E-state index in [0.29, 0.717) is 19.4 Å². The topological polar surface area (TPSA) is 66.4 Å². The Morgan fingerprint density at radius 2 is 1.86 bits per heavy atom. The third-order valence-electron chi connectivity index (χ3n) is 1.86. The van der Waals surface area contributed by atoms with Crippen molar-refractivity contribution < 1.29 is 14.7 Å². The summed E-state index contributed by atoms with van der Waals surface area (Å²) in [7, 11) is 0. The standard InChI is InChI=1S/C10H19NO3/c1-9(13)6-7-11-10(14)5-3-2-4-8-12/h12H,2-8H2,1H3,(H,11,14). The van der Waals surface area contributed by atoms with E-state index in [1.54, 1.807) is 0 Å². The lowest BCUT2D eigenvalue weighted by Crippen LogP contribution is -2.25. The predicted molar refractivity (Wildman–Crippen MR) is 53.9 cm³/mol. The number of aliphatic hydroxyl groups excluding tert-OH is 1. The first-order valence-electron chi connectivity index (χ1n) is 5.04. The highest BCUT2D eigenvalue weighted by Crippen LogP contribution is 1.98. The van der Waals surface area contributed by atoms with E-state index in [0.717, 1.165) is 19.3 Å². The Kier molecular flexibility index (Phi) is 8.13. The van der Waals surface area contributed by atoms with Crippen molar-refractivity contribution in [1.29, 1.82) is 0 Å². The highest BCUT2D eigenvalue weighted by molar-refractivity contribution is 5.78. The molecule has 0 aliphatic heterocycles. The Bertz CT molecular complexity index is 180. The molecular formula is C10H19NO3. The Morgan fingerprint density at radius 1 is 1.14 bits per heavy atom. The van der Waals surface area contributed by atoms with Crippen molar-refractivity contribution in [1.82, 2.24) is 5.32 Å². The zero-order chi connectivity index (χ0) is 10.8. The second-order valence-corrected chi connectivity index (χ2v) is 3.34. The molecule has 0 unspecified atom stereocenters. The molecule has 4 heteroatoms. The highest BCUT2D eigenvalue weighted by atomic mass is 16.2. The maximum atomic E-state index is 11.1. The Morgan fingerprint density at radius 3 is 2.43 bits per heavy atom. The number of ketones is 1. The molecule has 0 bridgehead atoms. The number of aliphatic hydroxyl groups is 1. The van der Waals surface area contributed by atoms with Crippen molar-refractivity contribution in [2.24, 2.45) is 0 Å². The summed E-state index contributed by atoms with van der Waals surface area (Å²) in [6.45, 7) is 2.13. The molecule has 0 rings (SSSR count). The summed E-state index contributed by atoms with van der Waals surface area (Å²) in [5.41, 5.74) is 0. The molecule has 0 saturated carbocycles. The van der Waals surface area contributed by atoms with Gasteiger partial charge in [0, 0.05) is 26.0 Å². The van der Waals surface area contributed by atoms with Crippen LogP contribution in [0.1, 0.15) is 39.0 Å². The van der Waals surface area contributed by atoms with Crippen LogP contribution in [0.2, 0.25) is 0 Å². The van der Waals surface area contributed by atoms with Gasteiger partial charge in [0.05, 0.1) is 0 Å². The van der Waals surface area contributed by atoms with Crippen LogP contribution in [0.3, 0.4) is 0 Å². The van der Waals surface area contributed by atoms with Gasteiger partial charge in [0.15, 0.2) is 0 Å². The van der Waals surface area contributed by atoms with Gasteiger partial charge < -0.3 is 10.4 Å². The third kappa shape index (κ3) is 9.19. The molecule has 0 atom stereocenters. The number of carbonyl (C=O) groups is 2. The van der Waals surface area contributed by atoms with E-state index in [1.807, 2.05) is 0 Å². The van der Waals surface area contributed by atoms with E-state index >= 15 is 0 Å². The highest BCUT2D eigenvalue weighted by Gasteiger charge is 2.00. The predicted octanol–water partition coefficient (Wildman–Crippen LogP) is 0.634. The zero-order valence-corrected chi connectivity index (χ0v) is 8.71. The normalized spacial score (nSPS) is 9.86. The van der Waals surface area contributed by atoms with Gasteiger partial charge in [-0.05, 0) is 19.8 Å². The Labute approximate surface area is 84.7 Å². The van der Waals surface area contributed by atoms with Crippen molar-refractivity contribution in [3.63, 3.8) is 0 Å². The lowest BCUT2D eigenvalue weighted by Gasteiger charge is -2.02. The number of unbranched alkanes of at least 4 members (excludes halogenated alkanes) is 2. The van der Waals surface area contributed by atoms with E-state index in [2.05, 4.69) is 5.32 Å². The number of hydrogen-bond acceptors (Lipinski definition) is 3. The van der Waals surface area contributed by atoms with Gasteiger partial charge in [0.2, 0.25) is 5.91 Å². The number of rotatable bonds is 8. The second kappa shape index (κ2) is 8.69. The fourth-order valence-corrected chi connectivity index (χ4v) is 1.04. The summed E-state index contributed by atoms with van der Waals surface area (Å²) in [6, 6.07) is 0. The Balaban J connectivity index is 3.24. The molecule has 0 aromatic rings. The minimum absolute atomic E-state index is 0.0100. The summed E-state index contributed by atoms with van der Waals surface area (Å²) < 4.78 is 0. The van der Waals surface area contributed by atoms with E-state index in [1.165, 1.54) is 6.92 Å². The molecule has 0 fully saturated rings. The fraction of sp³-hybridized carbons (Fsp3) is 0.800. The third-order valence-corrected chi connectivity index (χ3v) is 1.86. The van der Waals surface area contributed by atoms with Gasteiger partial charge in [0.1, 0.15) is 5.78 Å². The molecule has 2 N–H and O–H groups in total. The van der Waals surface area contributed by atoms with E-state index in [-0.39, 0.29) is 18.3 Å². The van der Waals surface area contributed by atoms with Crippen LogP contribution in [0, 0.1) is 0 Å². The molecule has 0 radical (unpaired) electrons. The van der Waals surface area contributed by atoms with Crippen molar-refractivity contribution >= 4 is 11.7 Å². The first-order valence-corrected chi connectivity index (χ1v) is 5.04. The smallest absolute Gasteiger partial charge is 0.220 e. The van der Waals surface area contributed by atoms with Crippen molar-refractivity contribution in [2.45, 2.75) is 39.0 Å². The summed E-state index contributed by atoms with van der Waals surface area (Å²) in [5.74, 6) is 0.0785. The van der Waals surface area contributed by atoms with E-state index in [9.17, 15) is 9.59 Å². The van der Waals surface area contributed by atoms with Crippen LogP contribution < -0.4 is 5.32 Å². The second-order valence-electron chi connectivity index (χ2n) is 3.34. The molecule has 0 spiro atoms. The van der Waals surface area contributed by atoms with Gasteiger partial charge in [-0.25, -0.2) is 0 Å². The van der Waals surface area contributed by atoms with Gasteiger partial charge >= 0.3 is 0 Å². The van der Waals surface area contributed by atoms with Crippen LogP contribution in [0.4, 0.5) is 0 Å². The lowest BCUT2D eigenvalue weighted by molar-refractivity contribution is -0.121. The molecule has 0 heterocycles. The number of Topliss-reactive ketones (excluding diaryl/α,β-unsaturated/α-hetero) is 1. The molecule has 82 valence electrons. The Hall–Kier alpha value is -0.900. The van der Waals surface area contributed by atoms with Crippen molar-refractivity contribution in [2.75, 3.05) is 13.2 Å². The van der Waals surface area contributed by atoms with Crippen LogP contribution >= 0.6 is 0 Å². The summed E-state index contributed by atoms with van der Waals surface area (Å²) in [4.78, 5) is 21.6. The SMILES string of the molecule is CC(=O)CCNC(=O)CCCCCO. The van der Waals surface area contributed by atoms with Crippen molar-refractivity contribution in [3.05, 3.63) is 0 Å². The summed E-state index contributed by atoms with van der Waals surface area (Å²) in [5, 5.41) is 11.2. The zero-order valence-electron chi connectivity index (χ0n) is 8.71. The minimum atomic E-state index is -0.0100. The number of carbonyl (C=O) groups excluding carboxylic acids is 2. The van der Waals surface area contributed by atoms with Crippen LogP contribution in [0.15, 0.2) is 0 Å². The van der Waals surface area contributed by atoms with Crippen LogP contribution in [0.25, 0.3) is 0 Å². The largest absolute Gasteiger partial charge is 0.396 e. The van der Waals surface area contributed by atoms with Crippen molar-refractivity contribution in [3.8, 4) is 0 Å². The van der Waals surface area contributed by atoms with E-state index in [4.69, 9.17) is 5.11 Å². The molecule has 0 aliphatic rings. The average Bonchev–Trinajstić information content (AvgIpc) is 2.12. The number of amides is 1.